The molecule has 0 aliphatic heterocycles. The van der Waals surface area contributed by atoms with E-state index in [0.29, 0.717) is 0 Å². The number of aryl methyl sites for hydroxylation is 2. The summed E-state index contributed by atoms with van der Waals surface area (Å²) in [5.74, 6) is -0.727. The summed E-state index contributed by atoms with van der Waals surface area (Å²) in [5.41, 5.74) is 4.14. The predicted molar refractivity (Wildman–Crippen MR) is 127 cm³/mol. The number of hydrogen-bond acceptors (Lipinski definition) is 4. The van der Waals surface area contributed by atoms with E-state index in [0.717, 1.165) is 48.0 Å². The number of imidazole rings is 2. The van der Waals surface area contributed by atoms with Crippen LogP contribution in [0.4, 0.5) is 0 Å². The minimum Gasteiger partial charge on any atom is -0.459 e. The highest BCUT2D eigenvalue weighted by Gasteiger charge is 2.19. The molecule has 0 spiro atoms. The van der Waals surface area contributed by atoms with Crippen LogP contribution in [0.1, 0.15) is 26.7 Å². The molecule has 178 valence electrons. The monoisotopic (exact) mass is 464 g/mol. The molecule has 2 aromatic heterocycles. The lowest BCUT2D eigenvalue weighted by molar-refractivity contribution is -0.661. The Hall–Kier alpha value is -3.68. The normalized spacial score (nSPS) is 11.2. The van der Waals surface area contributed by atoms with Crippen molar-refractivity contribution in [3.8, 4) is 0 Å². The smallest absolute Gasteiger partial charge is 0.348 e. The zero-order valence-electron chi connectivity index (χ0n) is 19.9. The van der Waals surface area contributed by atoms with Gasteiger partial charge in [0.2, 0.25) is 12.7 Å². The number of para-hydroxylation sites is 4. The second-order valence-corrected chi connectivity index (χ2v) is 8.29. The van der Waals surface area contributed by atoms with Gasteiger partial charge < -0.3 is 9.47 Å². The van der Waals surface area contributed by atoms with Crippen molar-refractivity contribution < 1.29 is 28.2 Å². The Morgan fingerprint density at radius 2 is 1.12 bits per heavy atom. The zero-order valence-corrected chi connectivity index (χ0v) is 19.9. The van der Waals surface area contributed by atoms with E-state index >= 15 is 0 Å². The van der Waals surface area contributed by atoms with Crippen molar-refractivity contribution in [2.24, 2.45) is 0 Å². The van der Waals surface area contributed by atoms with Crippen molar-refractivity contribution in [3.05, 3.63) is 61.2 Å². The summed E-state index contributed by atoms with van der Waals surface area (Å²) in [4.78, 5) is 24.7. The quantitative estimate of drug-likeness (QED) is 0.194. The van der Waals surface area contributed by atoms with E-state index in [4.69, 9.17) is 9.47 Å². The molecule has 2 heterocycles. The van der Waals surface area contributed by atoms with Gasteiger partial charge in [0.25, 0.3) is 0 Å². The van der Waals surface area contributed by atoms with E-state index < -0.39 is 0 Å². The third kappa shape index (κ3) is 5.27. The number of fused-ring (bicyclic) bond motifs is 2. The summed E-state index contributed by atoms with van der Waals surface area (Å²) in [6.07, 6.45) is 5.90. The number of esters is 2. The average molecular weight is 465 g/mol. The highest BCUT2D eigenvalue weighted by atomic mass is 16.6. The molecule has 0 fully saturated rings. The Bertz CT molecular complexity index is 1190. The maximum absolute atomic E-state index is 12.4. The van der Waals surface area contributed by atoms with Crippen molar-refractivity contribution in [2.75, 3.05) is 13.2 Å². The number of benzene rings is 2. The molecule has 8 heteroatoms. The lowest BCUT2D eigenvalue weighted by Gasteiger charge is -2.05. The zero-order chi connectivity index (χ0) is 23.9. The molecule has 0 bridgehead atoms. The van der Waals surface area contributed by atoms with Crippen molar-refractivity contribution in [1.82, 2.24) is 9.13 Å². The van der Waals surface area contributed by atoms with Crippen LogP contribution in [-0.4, -0.2) is 34.3 Å². The van der Waals surface area contributed by atoms with Crippen LogP contribution in [0.3, 0.4) is 0 Å². The van der Waals surface area contributed by atoms with Crippen LogP contribution in [0.5, 0.6) is 0 Å². The summed E-state index contributed by atoms with van der Waals surface area (Å²) in [5, 5.41) is 0. The van der Waals surface area contributed by atoms with Crippen LogP contribution in [0, 0.1) is 0 Å². The largest absolute Gasteiger partial charge is 0.459 e. The van der Waals surface area contributed by atoms with Gasteiger partial charge in [0.15, 0.2) is 35.2 Å². The fraction of sp³-hybridized carbons (Fsp3) is 0.385. The molecule has 0 aliphatic carbocycles. The standard InChI is InChI=1S/C26H32N4O4/c1-3-13-27-19-29(23-11-7-5-9-21(23)27)17-25(31)33-15-16-34-26(32)18-30-20-28(14-4-2)22-10-6-8-12-24(22)30/h5-12,19-20H,3-4,13-18H2,1-2H3/q+2. The molecule has 0 radical (unpaired) electrons. The van der Waals surface area contributed by atoms with Gasteiger partial charge in [0.1, 0.15) is 13.2 Å². The molecule has 8 nitrogen and oxygen atoms in total. The Labute approximate surface area is 198 Å². The van der Waals surface area contributed by atoms with Crippen LogP contribution >= 0.6 is 0 Å². The van der Waals surface area contributed by atoms with Gasteiger partial charge >= 0.3 is 11.9 Å². The number of nitrogens with zero attached hydrogens (tertiary/aromatic N) is 4. The molecule has 0 unspecified atom stereocenters. The van der Waals surface area contributed by atoms with Crippen molar-refractivity contribution in [2.45, 2.75) is 52.9 Å². The van der Waals surface area contributed by atoms with E-state index in [1.807, 2.05) is 70.3 Å². The average Bonchev–Trinajstić information content (AvgIpc) is 3.36. The number of hydrogen-bond donors (Lipinski definition) is 0. The Morgan fingerprint density at radius 3 is 1.53 bits per heavy atom. The van der Waals surface area contributed by atoms with Gasteiger partial charge in [-0.05, 0) is 37.1 Å². The molecular formula is C26H32N4O4+2. The summed E-state index contributed by atoms with van der Waals surface area (Å²) in [6, 6.07) is 16.0. The predicted octanol–water partition coefficient (Wildman–Crippen LogP) is 2.78. The fourth-order valence-electron chi connectivity index (χ4n) is 4.26. The van der Waals surface area contributed by atoms with Crippen molar-refractivity contribution in [3.63, 3.8) is 0 Å². The highest BCUT2D eigenvalue weighted by molar-refractivity contribution is 5.74. The maximum Gasteiger partial charge on any atom is 0.348 e. The first-order chi connectivity index (χ1) is 16.6. The lowest BCUT2D eigenvalue weighted by atomic mass is 10.3. The summed E-state index contributed by atoms with van der Waals surface area (Å²) in [7, 11) is 0. The van der Waals surface area contributed by atoms with Crippen molar-refractivity contribution in [1.29, 1.82) is 0 Å². The molecule has 4 aromatic rings. The SMILES string of the molecule is CCCn1c[n+](CC(=O)OCCOC(=O)C[n+]2cn(CCC)c3ccccc32)c2ccccc21. The van der Waals surface area contributed by atoms with Crippen molar-refractivity contribution >= 4 is 34.0 Å². The first kappa shape index (κ1) is 23.5. The second kappa shape index (κ2) is 11.0. The first-order valence-corrected chi connectivity index (χ1v) is 11.9. The molecule has 34 heavy (non-hydrogen) atoms. The molecule has 0 saturated heterocycles. The minimum absolute atomic E-state index is 0.0288. The first-order valence-electron chi connectivity index (χ1n) is 11.9. The summed E-state index contributed by atoms with van der Waals surface area (Å²) >= 11 is 0. The van der Waals surface area contributed by atoms with Gasteiger partial charge in [-0.15, -0.1) is 0 Å². The van der Waals surface area contributed by atoms with Crippen LogP contribution in [0.15, 0.2) is 61.2 Å². The maximum atomic E-state index is 12.4. The van der Waals surface area contributed by atoms with Gasteiger partial charge in [-0.2, -0.15) is 0 Å². The van der Waals surface area contributed by atoms with E-state index in [9.17, 15) is 9.59 Å². The molecule has 0 N–H and O–H groups in total. The van der Waals surface area contributed by atoms with Gasteiger partial charge in [0.05, 0.1) is 13.1 Å². The molecule has 0 amide bonds. The lowest BCUT2D eigenvalue weighted by Crippen LogP contribution is -2.39. The van der Waals surface area contributed by atoms with Crippen LogP contribution in [0.2, 0.25) is 0 Å². The molecular weight excluding hydrogens is 432 g/mol. The minimum atomic E-state index is -0.363. The molecule has 0 saturated carbocycles. The van der Waals surface area contributed by atoms with E-state index in [2.05, 4.69) is 23.0 Å². The number of rotatable bonds is 11. The Balaban J connectivity index is 1.27. The molecule has 0 aliphatic rings. The topological polar surface area (TPSA) is 70.2 Å². The van der Waals surface area contributed by atoms with Crippen LogP contribution < -0.4 is 9.13 Å². The molecule has 4 rings (SSSR count). The van der Waals surface area contributed by atoms with Gasteiger partial charge in [-0.1, -0.05) is 38.1 Å². The number of aromatic nitrogens is 4. The Morgan fingerprint density at radius 1 is 0.706 bits per heavy atom. The van der Waals surface area contributed by atoms with Crippen LogP contribution in [0.25, 0.3) is 22.1 Å². The van der Waals surface area contributed by atoms with E-state index in [-0.39, 0.29) is 38.2 Å². The fourth-order valence-corrected chi connectivity index (χ4v) is 4.26. The molecule has 0 atom stereocenters. The van der Waals surface area contributed by atoms with Gasteiger partial charge in [-0.25, -0.2) is 27.9 Å². The summed E-state index contributed by atoms with van der Waals surface area (Å²) < 4.78 is 18.7. The second-order valence-electron chi connectivity index (χ2n) is 8.29. The van der Waals surface area contributed by atoms with Crippen LogP contribution in [-0.2, 0) is 45.2 Å². The third-order valence-corrected chi connectivity index (χ3v) is 5.70. The number of carbonyl (C=O) groups excluding carboxylic acids is 2. The Kier molecular flexibility index (Phi) is 7.57. The highest BCUT2D eigenvalue weighted by Crippen LogP contribution is 2.12. The van der Waals surface area contributed by atoms with E-state index in [1.54, 1.807) is 0 Å². The van der Waals surface area contributed by atoms with Gasteiger partial charge in [-0.3, -0.25) is 0 Å². The number of ether oxygens (including phenoxy) is 2. The molecule has 2 aromatic carbocycles. The third-order valence-electron chi connectivity index (χ3n) is 5.70. The van der Waals surface area contributed by atoms with Gasteiger partial charge in [0, 0.05) is 0 Å². The summed E-state index contributed by atoms with van der Waals surface area (Å²) in [6.45, 7) is 6.28. The number of carbonyl (C=O) groups is 2. The van der Waals surface area contributed by atoms with E-state index in [1.165, 1.54) is 0 Å².